The van der Waals surface area contributed by atoms with Crippen molar-refractivity contribution in [3.8, 4) is 0 Å². The molecule has 1 heterocycles. The summed E-state index contributed by atoms with van der Waals surface area (Å²) in [5.74, 6) is 0. The summed E-state index contributed by atoms with van der Waals surface area (Å²) in [5.41, 5.74) is 0.750. The van der Waals surface area contributed by atoms with Gasteiger partial charge in [0.15, 0.2) is 0 Å². The van der Waals surface area contributed by atoms with Gasteiger partial charge in [0.25, 0.3) is 0 Å². The van der Waals surface area contributed by atoms with Crippen LogP contribution in [0.15, 0.2) is 27.6 Å². The first kappa shape index (κ1) is 16.9. The molecule has 1 aromatic rings. The van der Waals surface area contributed by atoms with Crippen LogP contribution in [0.1, 0.15) is 5.56 Å². The van der Waals surface area contributed by atoms with Crippen LogP contribution in [0.2, 0.25) is 0 Å². The predicted molar refractivity (Wildman–Crippen MR) is 88.0 cm³/mol. The Morgan fingerprint density at radius 1 is 1.33 bits per heavy atom. The number of halogens is 1. The van der Waals surface area contributed by atoms with E-state index in [2.05, 4.69) is 37.5 Å². The van der Waals surface area contributed by atoms with Crippen molar-refractivity contribution in [1.29, 1.82) is 0 Å². The van der Waals surface area contributed by atoms with Gasteiger partial charge in [-0.15, -0.1) is 0 Å². The van der Waals surface area contributed by atoms with Gasteiger partial charge < -0.3 is 4.90 Å². The van der Waals surface area contributed by atoms with Crippen LogP contribution in [-0.4, -0.2) is 64.5 Å². The number of hydrogen-bond donors (Lipinski definition) is 1. The summed E-state index contributed by atoms with van der Waals surface area (Å²) in [7, 11) is 0.622. The Morgan fingerprint density at radius 2 is 2.05 bits per heavy atom. The molecular weight excluding hydrogens is 354 g/mol. The van der Waals surface area contributed by atoms with E-state index in [0.29, 0.717) is 11.4 Å². The molecule has 21 heavy (non-hydrogen) atoms. The number of aryl methyl sites for hydroxylation is 1. The largest absolute Gasteiger partial charge is 0.303 e. The molecule has 1 fully saturated rings. The van der Waals surface area contributed by atoms with Crippen LogP contribution in [0.3, 0.4) is 0 Å². The molecule has 0 spiro atoms. The second kappa shape index (κ2) is 6.75. The molecule has 1 aliphatic rings. The molecule has 0 amide bonds. The van der Waals surface area contributed by atoms with Gasteiger partial charge >= 0.3 is 0 Å². The summed E-state index contributed by atoms with van der Waals surface area (Å²) < 4.78 is 28.5. The molecule has 2 rings (SSSR count). The summed E-state index contributed by atoms with van der Waals surface area (Å²) in [6.07, 6.45) is 0. The van der Waals surface area contributed by atoms with E-state index in [1.807, 2.05) is 20.0 Å². The number of sulfonamides is 1. The highest BCUT2D eigenvalue weighted by Crippen LogP contribution is 2.20. The maximum Gasteiger partial charge on any atom is 0.240 e. The van der Waals surface area contributed by atoms with Crippen LogP contribution in [0.4, 0.5) is 0 Å². The predicted octanol–water partition coefficient (Wildman–Crippen LogP) is 1.28. The smallest absolute Gasteiger partial charge is 0.240 e. The van der Waals surface area contributed by atoms with E-state index in [1.165, 1.54) is 0 Å². The van der Waals surface area contributed by atoms with Crippen LogP contribution >= 0.6 is 15.9 Å². The molecule has 0 saturated carbocycles. The summed E-state index contributed by atoms with van der Waals surface area (Å²) in [6.45, 7) is 5.08. The molecule has 1 aromatic carbocycles. The number of benzene rings is 1. The second-order valence-electron chi connectivity index (χ2n) is 5.66. The van der Waals surface area contributed by atoms with Crippen molar-refractivity contribution < 1.29 is 8.42 Å². The van der Waals surface area contributed by atoms with E-state index >= 15 is 0 Å². The number of hydrogen-bond acceptors (Lipinski definition) is 4. The molecule has 1 atom stereocenters. The van der Waals surface area contributed by atoms with Gasteiger partial charge in [0.1, 0.15) is 0 Å². The highest BCUT2D eigenvalue weighted by Gasteiger charge is 2.25. The first-order valence-electron chi connectivity index (χ1n) is 6.94. The van der Waals surface area contributed by atoms with Crippen molar-refractivity contribution in [3.63, 3.8) is 0 Å². The highest BCUT2D eigenvalue weighted by molar-refractivity contribution is 9.10. The van der Waals surface area contributed by atoms with Crippen molar-refractivity contribution in [2.24, 2.45) is 0 Å². The number of rotatable bonds is 4. The van der Waals surface area contributed by atoms with E-state index < -0.39 is 10.0 Å². The first-order chi connectivity index (χ1) is 9.79. The number of piperazine rings is 1. The third-order valence-corrected chi connectivity index (χ3v) is 5.99. The number of nitrogens with one attached hydrogen (secondary N) is 1. The minimum atomic E-state index is -3.48. The highest BCUT2D eigenvalue weighted by atomic mass is 79.9. The van der Waals surface area contributed by atoms with Gasteiger partial charge in [-0.25, -0.2) is 13.1 Å². The molecule has 7 heteroatoms. The Kier molecular flexibility index (Phi) is 5.43. The zero-order valence-electron chi connectivity index (χ0n) is 12.6. The molecule has 1 N–H and O–H groups in total. The fourth-order valence-corrected chi connectivity index (χ4v) is 4.32. The van der Waals surface area contributed by atoms with Crippen LogP contribution in [0.25, 0.3) is 0 Å². The summed E-state index contributed by atoms with van der Waals surface area (Å²) >= 11 is 3.33. The normalized spacial score (nSPS) is 21.6. The Labute approximate surface area is 135 Å². The molecule has 118 valence electrons. The number of nitrogens with zero attached hydrogens (tertiary/aromatic N) is 2. The van der Waals surface area contributed by atoms with E-state index in [-0.39, 0.29) is 6.04 Å². The molecule has 0 aliphatic carbocycles. The molecule has 0 aromatic heterocycles. The van der Waals surface area contributed by atoms with Crippen molar-refractivity contribution in [3.05, 3.63) is 28.2 Å². The lowest BCUT2D eigenvalue weighted by Crippen LogP contribution is -2.54. The van der Waals surface area contributed by atoms with Gasteiger partial charge in [0.2, 0.25) is 10.0 Å². The van der Waals surface area contributed by atoms with Crippen molar-refractivity contribution in [1.82, 2.24) is 14.5 Å². The van der Waals surface area contributed by atoms with Crippen molar-refractivity contribution >= 4 is 26.0 Å². The van der Waals surface area contributed by atoms with Crippen molar-refractivity contribution in [2.45, 2.75) is 17.9 Å². The fourth-order valence-electron chi connectivity index (χ4n) is 2.47. The average Bonchev–Trinajstić information content (AvgIpc) is 2.42. The molecule has 0 radical (unpaired) electrons. The van der Waals surface area contributed by atoms with Crippen LogP contribution in [0.5, 0.6) is 0 Å². The summed E-state index contributed by atoms with van der Waals surface area (Å²) in [5, 5.41) is 0. The first-order valence-corrected chi connectivity index (χ1v) is 9.22. The fraction of sp³-hybridized carbons (Fsp3) is 0.571. The van der Waals surface area contributed by atoms with E-state index in [1.54, 1.807) is 12.1 Å². The third-order valence-electron chi connectivity index (χ3n) is 3.93. The quantitative estimate of drug-likeness (QED) is 0.861. The Bertz CT molecular complexity index is 606. The SMILES string of the molecule is Cc1ccc(Br)cc1S(=O)(=O)NCC1CN(C)CCN1C. The van der Waals surface area contributed by atoms with Crippen LogP contribution in [0, 0.1) is 6.92 Å². The van der Waals surface area contributed by atoms with Crippen LogP contribution < -0.4 is 4.72 Å². The topological polar surface area (TPSA) is 52.7 Å². The van der Waals surface area contributed by atoms with Gasteiger partial charge in [0.05, 0.1) is 4.90 Å². The van der Waals surface area contributed by atoms with Gasteiger partial charge in [0, 0.05) is 36.7 Å². The minimum absolute atomic E-state index is 0.200. The Balaban J connectivity index is 2.09. The summed E-state index contributed by atoms with van der Waals surface area (Å²) in [4.78, 5) is 4.77. The van der Waals surface area contributed by atoms with E-state index in [4.69, 9.17) is 0 Å². The lowest BCUT2D eigenvalue weighted by molar-refractivity contribution is 0.117. The molecular formula is C14H22BrN3O2S. The molecule has 5 nitrogen and oxygen atoms in total. The van der Waals surface area contributed by atoms with E-state index in [9.17, 15) is 8.42 Å². The monoisotopic (exact) mass is 375 g/mol. The molecule has 0 bridgehead atoms. The lowest BCUT2D eigenvalue weighted by Gasteiger charge is -2.37. The number of likely N-dealkylation sites (N-methyl/N-ethyl adjacent to an activating group) is 2. The molecule has 1 saturated heterocycles. The lowest BCUT2D eigenvalue weighted by atomic mass is 10.2. The zero-order chi connectivity index (χ0) is 15.6. The average molecular weight is 376 g/mol. The maximum atomic E-state index is 12.5. The molecule has 1 aliphatic heterocycles. The van der Waals surface area contributed by atoms with Gasteiger partial charge in [-0.2, -0.15) is 0 Å². The second-order valence-corrected chi connectivity index (χ2v) is 8.31. The van der Waals surface area contributed by atoms with Gasteiger partial charge in [-0.3, -0.25) is 4.90 Å². The Hall–Kier alpha value is -0.470. The standard InChI is InChI=1S/C14H22BrN3O2S/c1-11-4-5-12(15)8-14(11)21(19,20)16-9-13-10-17(2)6-7-18(13)3/h4-5,8,13,16H,6-7,9-10H2,1-3H3. The zero-order valence-corrected chi connectivity index (χ0v) is 15.0. The molecule has 1 unspecified atom stereocenters. The van der Waals surface area contributed by atoms with Gasteiger partial charge in [-0.1, -0.05) is 22.0 Å². The van der Waals surface area contributed by atoms with E-state index in [0.717, 1.165) is 29.7 Å². The minimum Gasteiger partial charge on any atom is -0.303 e. The van der Waals surface area contributed by atoms with Crippen molar-refractivity contribution in [2.75, 3.05) is 40.3 Å². The third kappa shape index (κ3) is 4.26. The Morgan fingerprint density at radius 3 is 2.76 bits per heavy atom. The maximum absolute atomic E-state index is 12.5. The van der Waals surface area contributed by atoms with Gasteiger partial charge in [-0.05, 0) is 38.7 Å². The summed E-state index contributed by atoms with van der Waals surface area (Å²) in [6, 6.07) is 5.50. The van der Waals surface area contributed by atoms with Crippen LogP contribution in [-0.2, 0) is 10.0 Å².